The summed E-state index contributed by atoms with van der Waals surface area (Å²) in [6, 6.07) is 2.37. The van der Waals surface area contributed by atoms with Crippen molar-refractivity contribution in [2.24, 2.45) is 17.6 Å². The fourth-order valence-electron chi connectivity index (χ4n) is 5.83. The number of phenols is 2. The average Bonchev–Trinajstić information content (AvgIpc) is 2.72. The predicted octanol–water partition coefficient (Wildman–Crippen LogP) is 1.13. The minimum atomic E-state index is -2.75. The van der Waals surface area contributed by atoms with Crippen LogP contribution < -0.4 is 5.73 Å². The van der Waals surface area contributed by atoms with Crippen LogP contribution in [0.3, 0.4) is 0 Å². The Hall–Kier alpha value is -3.30. The van der Waals surface area contributed by atoms with Gasteiger partial charge in [-0.1, -0.05) is 32.9 Å². The highest BCUT2D eigenvalue weighted by molar-refractivity contribution is 6.33. The van der Waals surface area contributed by atoms with Gasteiger partial charge in [-0.15, -0.1) is 0 Å². The fourth-order valence-corrected chi connectivity index (χ4v) is 5.83. The van der Waals surface area contributed by atoms with E-state index in [4.69, 9.17) is 5.73 Å². The number of primary amides is 1. The second kappa shape index (κ2) is 7.60. The molecule has 0 radical (unpaired) electrons. The van der Waals surface area contributed by atoms with E-state index in [0.717, 1.165) is 0 Å². The largest absolute Gasteiger partial charge is 0.507 e. The van der Waals surface area contributed by atoms with Crippen LogP contribution in [0.25, 0.3) is 10.8 Å². The fraction of sp³-hybridized carbons (Fsp3) is 0.462. The molecule has 0 saturated heterocycles. The first kappa shape index (κ1) is 24.8. The Morgan fingerprint density at radius 2 is 1.71 bits per heavy atom. The Bertz CT molecular complexity index is 1340. The maximum atomic E-state index is 13.8. The summed E-state index contributed by atoms with van der Waals surface area (Å²) in [6.07, 6.45) is -0.0828. The molecule has 186 valence electrons. The molecule has 1 saturated carbocycles. The lowest BCUT2D eigenvalue weighted by atomic mass is 9.58. The molecule has 0 spiro atoms. The minimum Gasteiger partial charge on any atom is -0.507 e. The Kier molecular flexibility index (Phi) is 5.39. The summed E-state index contributed by atoms with van der Waals surface area (Å²) in [7, 11) is 3.10. The van der Waals surface area contributed by atoms with Gasteiger partial charge in [0, 0.05) is 11.5 Å². The van der Waals surface area contributed by atoms with E-state index in [-0.39, 0.29) is 23.1 Å². The number of nitrogens with zero attached hydrogens (tertiary/aromatic N) is 1. The van der Waals surface area contributed by atoms with Crippen molar-refractivity contribution >= 4 is 34.0 Å². The smallest absolute Gasteiger partial charge is 0.235 e. The summed E-state index contributed by atoms with van der Waals surface area (Å²) in [5.74, 6) is -8.34. The Morgan fingerprint density at radius 1 is 1.11 bits per heavy atom. The third-order valence-electron chi connectivity index (χ3n) is 7.59. The number of benzene rings is 2. The molecule has 9 heteroatoms. The first-order valence-electron chi connectivity index (χ1n) is 11.4. The molecule has 9 nitrogen and oxygen atoms in total. The monoisotopic (exact) mass is 482 g/mol. The summed E-state index contributed by atoms with van der Waals surface area (Å²) in [5.41, 5.74) is 3.31. The van der Waals surface area contributed by atoms with E-state index in [1.165, 1.54) is 4.90 Å². The molecule has 1 fully saturated rings. The van der Waals surface area contributed by atoms with Gasteiger partial charge in [-0.2, -0.15) is 0 Å². The Morgan fingerprint density at radius 3 is 2.23 bits per heavy atom. The normalized spacial score (nSPS) is 26.7. The number of carbonyl (C=O) groups is 4. The van der Waals surface area contributed by atoms with Crippen LogP contribution in [0, 0.1) is 18.8 Å². The zero-order valence-corrected chi connectivity index (χ0v) is 20.6. The maximum Gasteiger partial charge on any atom is 0.235 e. The van der Waals surface area contributed by atoms with Gasteiger partial charge in [0.15, 0.2) is 23.1 Å². The second-order valence-electron chi connectivity index (χ2n) is 10.9. The van der Waals surface area contributed by atoms with Crippen molar-refractivity contribution in [3.05, 3.63) is 34.4 Å². The number of likely N-dealkylation sites (N-methyl/N-ethyl adjacent to an activating group) is 1. The van der Waals surface area contributed by atoms with Gasteiger partial charge in [0.25, 0.3) is 0 Å². The predicted molar refractivity (Wildman–Crippen MR) is 127 cm³/mol. The van der Waals surface area contributed by atoms with Gasteiger partial charge in [0.2, 0.25) is 11.7 Å². The van der Waals surface area contributed by atoms with Crippen molar-refractivity contribution in [2.45, 2.75) is 51.2 Å². The molecular formula is C26H30N2O7. The van der Waals surface area contributed by atoms with E-state index in [1.54, 1.807) is 33.2 Å². The number of nitrogens with two attached hydrogens (primary N) is 1. The number of aliphatic hydroxyl groups is 1. The molecule has 2 aromatic carbocycles. The van der Waals surface area contributed by atoms with Gasteiger partial charge in [-0.25, -0.2) is 0 Å². The van der Waals surface area contributed by atoms with E-state index < -0.39 is 57.9 Å². The van der Waals surface area contributed by atoms with E-state index in [2.05, 4.69) is 0 Å². The number of hydrogen-bond donors (Lipinski definition) is 4. The third-order valence-corrected chi connectivity index (χ3v) is 7.59. The van der Waals surface area contributed by atoms with Crippen molar-refractivity contribution in [1.82, 2.24) is 4.90 Å². The summed E-state index contributed by atoms with van der Waals surface area (Å²) in [6.45, 7) is 7.38. The number of aryl methyl sites for hydroxylation is 1. The SMILES string of the molecule is Cc1c2c(c(O)c3c(O)c(C(C)(C)C)ccc13)C(=O)[C@]1(O)C(=O)C(C(N)=O)C(=O)C(N(C)C)[C@@H]1C2. The molecule has 2 unspecified atom stereocenters. The number of ketones is 3. The van der Waals surface area contributed by atoms with E-state index in [1.807, 2.05) is 20.8 Å². The van der Waals surface area contributed by atoms with Gasteiger partial charge in [-0.3, -0.25) is 24.1 Å². The number of hydrogen-bond acceptors (Lipinski definition) is 8. The summed E-state index contributed by atoms with van der Waals surface area (Å²) in [4.78, 5) is 53.7. The topological polar surface area (TPSA) is 158 Å². The van der Waals surface area contributed by atoms with Crippen molar-refractivity contribution in [2.75, 3.05) is 14.1 Å². The van der Waals surface area contributed by atoms with Gasteiger partial charge in [0.05, 0.1) is 17.0 Å². The number of Topliss-reactive ketones (excluding diaryl/α,β-unsaturated/α-hetero) is 3. The molecule has 2 aliphatic rings. The number of fused-ring (bicyclic) bond motifs is 3. The summed E-state index contributed by atoms with van der Waals surface area (Å²) >= 11 is 0. The van der Waals surface area contributed by atoms with E-state index in [0.29, 0.717) is 22.1 Å². The zero-order chi connectivity index (χ0) is 26.4. The van der Waals surface area contributed by atoms with Crippen LogP contribution in [-0.2, 0) is 26.2 Å². The molecule has 35 heavy (non-hydrogen) atoms. The van der Waals surface area contributed by atoms with Gasteiger partial charge >= 0.3 is 0 Å². The van der Waals surface area contributed by atoms with Crippen molar-refractivity contribution < 1.29 is 34.5 Å². The number of amides is 1. The van der Waals surface area contributed by atoms with Crippen LogP contribution in [0.1, 0.15) is 47.8 Å². The number of phenolic OH excluding ortho intramolecular Hbond substituents is 2. The van der Waals surface area contributed by atoms with Crippen LogP contribution in [0.4, 0.5) is 0 Å². The molecule has 4 rings (SSSR count). The molecular weight excluding hydrogens is 452 g/mol. The second-order valence-corrected chi connectivity index (χ2v) is 10.9. The quantitative estimate of drug-likeness (QED) is 0.464. The zero-order valence-electron chi connectivity index (χ0n) is 20.6. The van der Waals surface area contributed by atoms with E-state index >= 15 is 0 Å². The Balaban J connectivity index is 2.07. The summed E-state index contributed by atoms with van der Waals surface area (Å²) < 4.78 is 0. The minimum absolute atomic E-state index is 0.0408. The lowest BCUT2D eigenvalue weighted by molar-refractivity contribution is -0.162. The highest BCUT2D eigenvalue weighted by atomic mass is 16.3. The Labute approximate surface area is 202 Å². The van der Waals surface area contributed by atoms with Gasteiger partial charge in [0.1, 0.15) is 11.5 Å². The molecule has 0 heterocycles. The molecule has 0 aliphatic heterocycles. The third kappa shape index (κ3) is 3.14. The standard InChI is InChI=1S/C26H30N2O7/c1-10-11-7-8-13(25(2,3)4)19(29)15(11)20(30)16-12(10)9-14-18(28(5)6)21(31)17(24(27)34)23(33)26(14,35)22(16)32/h7-8,14,17-18,29-30,35H,9H2,1-6H3,(H2,27,34)/t14-,17?,18?,26-/m0/s1. The molecule has 2 aromatic rings. The molecule has 1 amide bonds. The highest BCUT2D eigenvalue weighted by Gasteiger charge is 2.66. The maximum absolute atomic E-state index is 13.8. The molecule has 4 atom stereocenters. The summed E-state index contributed by atoms with van der Waals surface area (Å²) in [5, 5.41) is 34.5. The average molecular weight is 483 g/mol. The lowest BCUT2D eigenvalue weighted by Crippen LogP contribution is -2.71. The van der Waals surface area contributed by atoms with Gasteiger partial charge < -0.3 is 21.1 Å². The van der Waals surface area contributed by atoms with Crippen molar-refractivity contribution in [3.8, 4) is 11.5 Å². The van der Waals surface area contributed by atoms with Crippen molar-refractivity contribution in [1.29, 1.82) is 0 Å². The first-order chi connectivity index (χ1) is 16.1. The van der Waals surface area contributed by atoms with E-state index in [9.17, 15) is 34.5 Å². The molecule has 2 aliphatic carbocycles. The van der Waals surface area contributed by atoms with Crippen LogP contribution in [-0.4, -0.2) is 69.2 Å². The first-order valence-corrected chi connectivity index (χ1v) is 11.4. The van der Waals surface area contributed by atoms with Crippen LogP contribution in [0.15, 0.2) is 12.1 Å². The highest BCUT2D eigenvalue weighted by Crippen LogP contribution is 2.51. The number of aromatic hydroxyl groups is 2. The molecule has 0 aromatic heterocycles. The van der Waals surface area contributed by atoms with Crippen LogP contribution in [0.2, 0.25) is 0 Å². The number of carbonyl (C=O) groups excluding carboxylic acids is 4. The molecule has 0 bridgehead atoms. The number of rotatable bonds is 2. The molecule has 5 N–H and O–H groups in total. The van der Waals surface area contributed by atoms with Crippen molar-refractivity contribution in [3.63, 3.8) is 0 Å². The lowest BCUT2D eigenvalue weighted by Gasteiger charge is -2.48. The van der Waals surface area contributed by atoms with Crippen LogP contribution >= 0.6 is 0 Å². The van der Waals surface area contributed by atoms with Crippen LogP contribution in [0.5, 0.6) is 11.5 Å². The van der Waals surface area contributed by atoms with Gasteiger partial charge in [-0.05, 0) is 49.4 Å².